The van der Waals surface area contributed by atoms with Gasteiger partial charge in [-0.2, -0.15) is 0 Å². The minimum absolute atomic E-state index is 0. The van der Waals surface area contributed by atoms with Crippen molar-refractivity contribution in [1.82, 2.24) is 10.6 Å². The van der Waals surface area contributed by atoms with Gasteiger partial charge in [0.15, 0.2) is 15.8 Å². The van der Waals surface area contributed by atoms with Gasteiger partial charge in [-0.25, -0.2) is 8.42 Å². The molecule has 0 bridgehead atoms. The van der Waals surface area contributed by atoms with Gasteiger partial charge in [0.2, 0.25) is 0 Å². The van der Waals surface area contributed by atoms with Gasteiger partial charge >= 0.3 is 0 Å². The molecular formula is C19H34IN3O3S. The number of halogens is 1. The van der Waals surface area contributed by atoms with Crippen molar-refractivity contribution in [1.29, 1.82) is 0 Å². The van der Waals surface area contributed by atoms with E-state index in [1.165, 1.54) is 0 Å². The molecule has 0 saturated heterocycles. The number of hydrogen-bond acceptors (Lipinski definition) is 4. The van der Waals surface area contributed by atoms with Crippen LogP contribution in [0.25, 0.3) is 0 Å². The van der Waals surface area contributed by atoms with Crippen LogP contribution in [0.3, 0.4) is 0 Å². The Bertz CT molecular complexity index is 637. The molecule has 1 aromatic carbocycles. The van der Waals surface area contributed by atoms with Crippen LogP contribution < -0.4 is 10.6 Å². The maximum Gasteiger partial charge on any atom is 0.191 e. The molecule has 1 rings (SSSR count). The topological polar surface area (TPSA) is 79.8 Å². The van der Waals surface area contributed by atoms with Gasteiger partial charge in [-0.05, 0) is 30.9 Å². The van der Waals surface area contributed by atoms with E-state index in [4.69, 9.17) is 4.74 Å². The summed E-state index contributed by atoms with van der Waals surface area (Å²) in [4.78, 5) is 4.54. The molecule has 0 aliphatic heterocycles. The van der Waals surface area contributed by atoms with Crippen LogP contribution in [0.2, 0.25) is 0 Å². The van der Waals surface area contributed by atoms with Gasteiger partial charge in [-0.3, -0.25) is 4.99 Å². The number of benzene rings is 1. The number of hydrogen-bond donors (Lipinski definition) is 2. The zero-order valence-electron chi connectivity index (χ0n) is 16.8. The Hall–Kier alpha value is -0.870. The predicted octanol–water partition coefficient (Wildman–Crippen LogP) is 3.08. The Kier molecular flexibility index (Phi) is 13.7. The Morgan fingerprint density at radius 3 is 2.44 bits per heavy atom. The summed E-state index contributed by atoms with van der Waals surface area (Å²) in [6.07, 6.45) is 1.55. The van der Waals surface area contributed by atoms with E-state index in [-0.39, 0.29) is 35.8 Å². The summed E-state index contributed by atoms with van der Waals surface area (Å²) in [7, 11) is -1.65. The molecule has 0 aliphatic carbocycles. The van der Waals surface area contributed by atoms with E-state index >= 15 is 0 Å². The first kappa shape index (κ1) is 26.1. The van der Waals surface area contributed by atoms with E-state index in [0.29, 0.717) is 29.8 Å². The maximum atomic E-state index is 12.5. The minimum atomic E-state index is -3.33. The van der Waals surface area contributed by atoms with Crippen molar-refractivity contribution in [2.75, 3.05) is 32.6 Å². The molecule has 0 fully saturated rings. The predicted molar refractivity (Wildman–Crippen MR) is 123 cm³/mol. The van der Waals surface area contributed by atoms with Crippen LogP contribution in [0.4, 0.5) is 0 Å². The number of ether oxygens (including phenoxy) is 1. The molecule has 0 heterocycles. The van der Waals surface area contributed by atoms with Gasteiger partial charge in [0.05, 0.1) is 10.6 Å². The number of nitrogens with one attached hydrogen (secondary N) is 2. The highest BCUT2D eigenvalue weighted by molar-refractivity contribution is 14.0. The van der Waals surface area contributed by atoms with Crippen molar-refractivity contribution >= 4 is 39.8 Å². The zero-order chi connectivity index (χ0) is 19.4. The van der Waals surface area contributed by atoms with Gasteiger partial charge < -0.3 is 15.4 Å². The van der Waals surface area contributed by atoms with Gasteiger partial charge in [0, 0.05) is 32.8 Å². The van der Waals surface area contributed by atoms with Gasteiger partial charge in [0.1, 0.15) is 0 Å². The Labute approximate surface area is 181 Å². The van der Waals surface area contributed by atoms with E-state index in [2.05, 4.69) is 29.5 Å². The van der Waals surface area contributed by atoms with Gasteiger partial charge in [-0.15, -0.1) is 24.0 Å². The molecule has 0 aliphatic rings. The summed E-state index contributed by atoms with van der Waals surface area (Å²) in [5.41, 5.74) is 0. The third-order valence-electron chi connectivity index (χ3n) is 3.79. The standard InChI is InChI=1S/C19H33N3O3S.HI/c1-5-17(15-26(23,24)18-10-7-6-8-11-18)22-19(20-4)21-12-9-13-25-14-16(2)3;/h6-8,10-11,16-17H,5,9,12-15H2,1-4H3,(H2,20,21,22);1H. The second-order valence-electron chi connectivity index (χ2n) is 6.67. The average Bonchev–Trinajstić information content (AvgIpc) is 2.63. The highest BCUT2D eigenvalue weighted by Crippen LogP contribution is 2.12. The van der Waals surface area contributed by atoms with Crippen LogP contribution in [-0.4, -0.2) is 53.0 Å². The SMILES string of the molecule is CCC(CS(=O)(=O)c1ccccc1)NC(=NC)NCCCOCC(C)C.I. The average molecular weight is 511 g/mol. The molecule has 0 amide bonds. The molecule has 27 heavy (non-hydrogen) atoms. The number of nitrogens with zero attached hydrogens (tertiary/aromatic N) is 1. The van der Waals surface area contributed by atoms with Gasteiger partial charge in [0.25, 0.3) is 0 Å². The lowest BCUT2D eigenvalue weighted by atomic mass is 10.2. The van der Waals surface area contributed by atoms with Crippen molar-refractivity contribution < 1.29 is 13.2 Å². The minimum Gasteiger partial charge on any atom is -0.381 e. The Morgan fingerprint density at radius 2 is 1.89 bits per heavy atom. The fraction of sp³-hybridized carbons (Fsp3) is 0.632. The van der Waals surface area contributed by atoms with Crippen LogP contribution in [0.5, 0.6) is 0 Å². The second kappa shape index (κ2) is 14.2. The lowest BCUT2D eigenvalue weighted by Gasteiger charge is -2.20. The monoisotopic (exact) mass is 511 g/mol. The first-order chi connectivity index (χ1) is 12.4. The molecule has 0 radical (unpaired) electrons. The van der Waals surface area contributed by atoms with E-state index in [9.17, 15) is 8.42 Å². The van der Waals surface area contributed by atoms with Crippen molar-refractivity contribution in [3.05, 3.63) is 30.3 Å². The zero-order valence-corrected chi connectivity index (χ0v) is 19.9. The highest BCUT2D eigenvalue weighted by Gasteiger charge is 2.20. The second-order valence-corrected chi connectivity index (χ2v) is 8.70. The van der Waals surface area contributed by atoms with Crippen molar-refractivity contribution in [2.45, 2.75) is 44.6 Å². The van der Waals surface area contributed by atoms with Crippen LogP contribution >= 0.6 is 24.0 Å². The summed E-state index contributed by atoms with van der Waals surface area (Å²) in [5, 5.41) is 6.42. The summed E-state index contributed by atoms with van der Waals surface area (Å²) >= 11 is 0. The van der Waals surface area contributed by atoms with Crippen molar-refractivity contribution in [3.63, 3.8) is 0 Å². The van der Waals surface area contributed by atoms with E-state index in [0.717, 1.165) is 19.6 Å². The van der Waals surface area contributed by atoms with Crippen molar-refractivity contribution in [2.24, 2.45) is 10.9 Å². The fourth-order valence-electron chi connectivity index (χ4n) is 2.34. The van der Waals surface area contributed by atoms with E-state index in [1.807, 2.05) is 13.0 Å². The Morgan fingerprint density at radius 1 is 1.22 bits per heavy atom. The molecule has 0 spiro atoms. The third-order valence-corrected chi connectivity index (χ3v) is 5.62. The normalized spacial score (nSPS) is 13.1. The largest absolute Gasteiger partial charge is 0.381 e. The van der Waals surface area contributed by atoms with E-state index < -0.39 is 9.84 Å². The lowest BCUT2D eigenvalue weighted by Crippen LogP contribution is -2.46. The van der Waals surface area contributed by atoms with Crippen LogP contribution in [0.15, 0.2) is 40.2 Å². The molecule has 2 N–H and O–H groups in total. The fourth-order valence-corrected chi connectivity index (χ4v) is 3.95. The summed E-state index contributed by atoms with van der Waals surface area (Å²) < 4.78 is 30.6. The molecule has 1 atom stereocenters. The van der Waals surface area contributed by atoms with Crippen LogP contribution in [0.1, 0.15) is 33.6 Å². The quantitative estimate of drug-likeness (QED) is 0.207. The van der Waals surface area contributed by atoms with E-state index in [1.54, 1.807) is 31.3 Å². The molecule has 8 heteroatoms. The van der Waals surface area contributed by atoms with Crippen LogP contribution in [0, 0.1) is 5.92 Å². The Balaban J connectivity index is 0.00000676. The number of rotatable bonds is 11. The summed E-state index contributed by atoms with van der Waals surface area (Å²) in [6.45, 7) is 8.39. The lowest BCUT2D eigenvalue weighted by molar-refractivity contribution is 0.108. The molecule has 0 saturated carbocycles. The van der Waals surface area contributed by atoms with Crippen molar-refractivity contribution in [3.8, 4) is 0 Å². The first-order valence-electron chi connectivity index (χ1n) is 9.21. The van der Waals surface area contributed by atoms with Crippen LogP contribution in [-0.2, 0) is 14.6 Å². The summed E-state index contributed by atoms with van der Waals surface area (Å²) in [6, 6.07) is 8.35. The number of guanidine groups is 1. The highest BCUT2D eigenvalue weighted by atomic mass is 127. The number of aliphatic imine (C=N–C) groups is 1. The molecule has 1 aromatic rings. The molecule has 0 aromatic heterocycles. The molecule has 1 unspecified atom stereocenters. The smallest absolute Gasteiger partial charge is 0.191 e. The molecule has 156 valence electrons. The molecular weight excluding hydrogens is 477 g/mol. The number of sulfone groups is 1. The van der Waals surface area contributed by atoms with Gasteiger partial charge in [-0.1, -0.05) is 39.0 Å². The molecule has 6 nitrogen and oxygen atoms in total. The first-order valence-corrected chi connectivity index (χ1v) is 10.9. The third kappa shape index (κ3) is 10.9. The summed E-state index contributed by atoms with van der Waals surface area (Å²) in [5.74, 6) is 1.18. The maximum absolute atomic E-state index is 12.5.